The molecule has 6 heteroatoms. The molecule has 0 bridgehead atoms. The van der Waals surface area contributed by atoms with Crippen LogP contribution in [-0.2, 0) is 17.1 Å². The molecular formula is C6H12CuF3NO. The Labute approximate surface area is 80.2 Å². The number of hydrogen-bond donors (Lipinski definition) is 1. The molecule has 0 aromatic carbocycles. The maximum Gasteiger partial charge on any atom is 0.415 e. The molecule has 1 radical (unpaired) electrons. The summed E-state index contributed by atoms with van der Waals surface area (Å²) in [5, 5.41) is 8.66. The van der Waals surface area contributed by atoms with E-state index in [1.807, 2.05) is 0 Å². The first-order valence-corrected chi connectivity index (χ1v) is 3.18. The first-order valence-electron chi connectivity index (χ1n) is 3.18. The minimum atomic E-state index is -4.52. The van der Waals surface area contributed by atoms with Crippen LogP contribution in [0.4, 0.5) is 13.2 Å². The van der Waals surface area contributed by atoms with E-state index in [1.54, 1.807) is 0 Å². The zero-order valence-corrected chi connectivity index (χ0v) is 7.93. The predicted octanol–water partition coefficient (Wildman–Crippen LogP) is 0.857. The molecule has 0 fully saturated rings. The number of nitrogens with zero attached hydrogens (tertiary/aromatic N) is 1. The fourth-order valence-corrected chi connectivity index (χ4v) is 0.556. The van der Waals surface area contributed by atoms with Crippen LogP contribution in [0.5, 0.6) is 0 Å². The van der Waals surface area contributed by atoms with Crippen LogP contribution in [-0.4, -0.2) is 42.4 Å². The van der Waals surface area contributed by atoms with Crippen molar-refractivity contribution in [1.29, 1.82) is 0 Å². The van der Waals surface area contributed by atoms with Crippen LogP contribution < -0.4 is 0 Å². The molecule has 0 heterocycles. The predicted molar refractivity (Wildman–Crippen MR) is 35.2 cm³/mol. The van der Waals surface area contributed by atoms with Crippen molar-refractivity contribution in [3.8, 4) is 0 Å². The molecule has 0 aliphatic rings. The maximum absolute atomic E-state index is 11.8. The number of rotatable bonds is 2. The maximum atomic E-state index is 11.8. The molecule has 12 heavy (non-hydrogen) atoms. The number of aliphatic hydroxyl groups excluding tert-OH is 1. The van der Waals surface area contributed by atoms with Crippen LogP contribution in [0, 0.1) is 0 Å². The monoisotopic (exact) mass is 234 g/mol. The van der Waals surface area contributed by atoms with Crippen molar-refractivity contribution in [2.75, 3.05) is 14.1 Å². The Balaban J connectivity index is 0. The van der Waals surface area contributed by atoms with Crippen molar-refractivity contribution in [2.24, 2.45) is 0 Å². The van der Waals surface area contributed by atoms with E-state index in [4.69, 9.17) is 5.11 Å². The SMILES string of the molecule is CC(C(O)C(F)(F)F)N(C)C.[Cu]. The van der Waals surface area contributed by atoms with E-state index in [0.717, 1.165) is 0 Å². The van der Waals surface area contributed by atoms with Gasteiger partial charge < -0.3 is 10.0 Å². The first-order chi connectivity index (χ1) is 4.76. The number of alkyl halides is 3. The summed E-state index contributed by atoms with van der Waals surface area (Å²) in [6, 6.07) is -0.907. The van der Waals surface area contributed by atoms with Gasteiger partial charge in [0.1, 0.15) is 0 Å². The van der Waals surface area contributed by atoms with Crippen LogP contribution in [0.2, 0.25) is 0 Å². The van der Waals surface area contributed by atoms with Crippen LogP contribution in [0.1, 0.15) is 6.92 Å². The van der Waals surface area contributed by atoms with Gasteiger partial charge in [0, 0.05) is 23.1 Å². The van der Waals surface area contributed by atoms with E-state index in [9.17, 15) is 13.2 Å². The van der Waals surface area contributed by atoms with Gasteiger partial charge in [-0.25, -0.2) is 0 Å². The normalized spacial score (nSPS) is 17.0. The second kappa shape index (κ2) is 5.07. The molecule has 0 aliphatic heterocycles. The van der Waals surface area contributed by atoms with Crippen molar-refractivity contribution in [1.82, 2.24) is 4.90 Å². The number of halogens is 3. The van der Waals surface area contributed by atoms with Gasteiger partial charge in [-0.2, -0.15) is 13.2 Å². The van der Waals surface area contributed by atoms with Crippen LogP contribution in [0.25, 0.3) is 0 Å². The third-order valence-electron chi connectivity index (χ3n) is 1.61. The molecule has 1 N–H and O–H groups in total. The van der Waals surface area contributed by atoms with Crippen LogP contribution in [0.3, 0.4) is 0 Å². The molecule has 2 nitrogen and oxygen atoms in total. The quantitative estimate of drug-likeness (QED) is 0.717. The fraction of sp³-hybridized carbons (Fsp3) is 1.00. The minimum absolute atomic E-state index is 0. The third kappa shape index (κ3) is 4.30. The van der Waals surface area contributed by atoms with E-state index < -0.39 is 18.3 Å². The smallest absolute Gasteiger partial charge is 0.382 e. The topological polar surface area (TPSA) is 23.5 Å². The van der Waals surface area contributed by atoms with Crippen molar-refractivity contribution < 1.29 is 35.3 Å². The molecule has 2 unspecified atom stereocenters. The van der Waals surface area contributed by atoms with Gasteiger partial charge in [-0.3, -0.25) is 0 Å². The van der Waals surface area contributed by atoms with Gasteiger partial charge in [-0.05, 0) is 21.0 Å². The van der Waals surface area contributed by atoms with Crippen molar-refractivity contribution in [2.45, 2.75) is 25.2 Å². The van der Waals surface area contributed by atoms with Gasteiger partial charge in [-0.15, -0.1) is 0 Å². The molecule has 0 spiro atoms. The summed E-state index contributed by atoms with van der Waals surface area (Å²) >= 11 is 0. The van der Waals surface area contributed by atoms with E-state index in [1.165, 1.54) is 25.9 Å². The molecule has 0 aromatic rings. The molecule has 0 rings (SSSR count). The summed E-state index contributed by atoms with van der Waals surface area (Å²) in [5.74, 6) is 0. The third-order valence-corrected chi connectivity index (χ3v) is 1.61. The van der Waals surface area contributed by atoms with Gasteiger partial charge >= 0.3 is 6.18 Å². The Morgan fingerprint density at radius 2 is 1.58 bits per heavy atom. The van der Waals surface area contributed by atoms with Gasteiger partial charge in [0.25, 0.3) is 0 Å². The van der Waals surface area contributed by atoms with Crippen molar-refractivity contribution >= 4 is 0 Å². The van der Waals surface area contributed by atoms with Gasteiger partial charge in [0.05, 0.1) is 0 Å². The molecule has 0 saturated heterocycles. The van der Waals surface area contributed by atoms with E-state index in [0.29, 0.717) is 0 Å². The van der Waals surface area contributed by atoms with E-state index in [2.05, 4.69) is 0 Å². The molecule has 0 aliphatic carbocycles. The summed E-state index contributed by atoms with van der Waals surface area (Å²) < 4.78 is 35.3. The van der Waals surface area contributed by atoms with Gasteiger partial charge in [0.2, 0.25) is 0 Å². The van der Waals surface area contributed by atoms with Crippen LogP contribution >= 0.6 is 0 Å². The zero-order chi connectivity index (χ0) is 9.23. The van der Waals surface area contributed by atoms with Gasteiger partial charge in [-0.1, -0.05) is 0 Å². The molecule has 0 amide bonds. The summed E-state index contributed by atoms with van der Waals surface area (Å²) in [5.41, 5.74) is 0. The Hall–Kier alpha value is 0.229. The zero-order valence-electron chi connectivity index (χ0n) is 6.98. The molecule has 0 saturated carbocycles. The average molecular weight is 235 g/mol. The number of aliphatic hydroxyl groups is 1. The minimum Gasteiger partial charge on any atom is -0.382 e. The van der Waals surface area contributed by atoms with E-state index >= 15 is 0 Å². The second-order valence-electron chi connectivity index (χ2n) is 2.69. The summed E-state index contributed by atoms with van der Waals surface area (Å²) in [4.78, 5) is 1.32. The molecule has 0 aromatic heterocycles. The summed E-state index contributed by atoms with van der Waals surface area (Å²) in [7, 11) is 2.97. The van der Waals surface area contributed by atoms with Crippen LogP contribution in [0.15, 0.2) is 0 Å². The average Bonchev–Trinajstić information content (AvgIpc) is 1.82. The Bertz CT molecular complexity index is 128. The Morgan fingerprint density at radius 1 is 1.25 bits per heavy atom. The second-order valence-corrected chi connectivity index (χ2v) is 2.69. The van der Waals surface area contributed by atoms with Crippen molar-refractivity contribution in [3.05, 3.63) is 0 Å². The Kier molecular flexibility index (Phi) is 6.22. The van der Waals surface area contributed by atoms with E-state index in [-0.39, 0.29) is 17.1 Å². The molecular weight excluding hydrogens is 223 g/mol. The Morgan fingerprint density at radius 3 is 1.67 bits per heavy atom. The fourth-order valence-electron chi connectivity index (χ4n) is 0.556. The number of likely N-dealkylation sites (N-methyl/N-ethyl adjacent to an activating group) is 1. The largest absolute Gasteiger partial charge is 0.415 e. The number of hydrogen-bond acceptors (Lipinski definition) is 2. The summed E-state index contributed by atoms with van der Waals surface area (Å²) in [6.45, 7) is 1.32. The molecule has 79 valence electrons. The molecule has 2 atom stereocenters. The van der Waals surface area contributed by atoms with Gasteiger partial charge in [0.15, 0.2) is 6.10 Å². The summed E-state index contributed by atoms with van der Waals surface area (Å²) in [6.07, 6.45) is -6.79. The van der Waals surface area contributed by atoms with Crippen molar-refractivity contribution in [3.63, 3.8) is 0 Å². The first kappa shape index (κ1) is 14.7. The standard InChI is InChI=1S/C6H12F3NO.Cu/c1-4(10(2)3)5(11)6(7,8)9;/h4-5,11H,1-3H3;.